The van der Waals surface area contributed by atoms with E-state index in [2.05, 4.69) is 10.6 Å². The Bertz CT molecular complexity index is 993. The maximum absolute atomic E-state index is 13.4. The van der Waals surface area contributed by atoms with Crippen LogP contribution < -0.4 is 10.6 Å². The lowest BCUT2D eigenvalue weighted by atomic mass is 10.0. The molecule has 0 aromatic heterocycles. The second-order valence-electron chi connectivity index (χ2n) is 7.86. The predicted molar refractivity (Wildman–Crippen MR) is 123 cm³/mol. The fraction of sp³-hybridized carbons (Fsp3) is 0.231. The molecule has 1 saturated heterocycles. The van der Waals surface area contributed by atoms with E-state index in [1.54, 1.807) is 12.1 Å². The molecule has 1 fully saturated rings. The van der Waals surface area contributed by atoms with Crippen LogP contribution in [0.3, 0.4) is 0 Å². The number of carbonyl (C=O) groups is 2. The van der Waals surface area contributed by atoms with Gasteiger partial charge in [0.2, 0.25) is 5.91 Å². The standard InChI is InChI=1S/C26H27N3O2/c30-25(21-12-6-2-7-13-21)28-24(18-20-10-4-1-5-11-20)26(31)29-17-16-23(19-29)27-22-14-8-3-9-15-22/h1-15,23-24,27H,16-19H2,(H,28,30). The first-order valence-corrected chi connectivity index (χ1v) is 10.7. The molecule has 2 amide bonds. The maximum Gasteiger partial charge on any atom is 0.251 e. The third kappa shape index (κ3) is 5.51. The van der Waals surface area contributed by atoms with Gasteiger partial charge in [0.15, 0.2) is 0 Å². The summed E-state index contributed by atoms with van der Waals surface area (Å²) in [6.45, 7) is 1.30. The van der Waals surface area contributed by atoms with Gasteiger partial charge in [-0.1, -0.05) is 66.7 Å². The topological polar surface area (TPSA) is 61.4 Å². The lowest BCUT2D eigenvalue weighted by molar-refractivity contribution is -0.132. The average molecular weight is 414 g/mol. The van der Waals surface area contributed by atoms with E-state index in [9.17, 15) is 9.59 Å². The van der Waals surface area contributed by atoms with Crippen LogP contribution in [0, 0.1) is 0 Å². The molecular formula is C26H27N3O2. The second kappa shape index (κ2) is 9.94. The molecule has 1 aliphatic rings. The highest BCUT2D eigenvalue weighted by Crippen LogP contribution is 2.18. The van der Waals surface area contributed by atoms with Gasteiger partial charge in [-0.2, -0.15) is 0 Å². The van der Waals surface area contributed by atoms with Gasteiger partial charge in [-0.3, -0.25) is 9.59 Å². The zero-order valence-corrected chi connectivity index (χ0v) is 17.4. The summed E-state index contributed by atoms with van der Waals surface area (Å²) in [5.74, 6) is -0.265. The molecule has 2 unspecified atom stereocenters. The van der Waals surface area contributed by atoms with Crippen LogP contribution in [-0.4, -0.2) is 41.9 Å². The van der Waals surface area contributed by atoms with Gasteiger partial charge in [-0.15, -0.1) is 0 Å². The summed E-state index contributed by atoms with van der Waals surface area (Å²) in [7, 11) is 0. The third-order valence-electron chi connectivity index (χ3n) is 5.57. The Morgan fingerprint density at radius 3 is 2.16 bits per heavy atom. The Morgan fingerprint density at radius 1 is 0.871 bits per heavy atom. The molecular weight excluding hydrogens is 386 g/mol. The quantitative estimate of drug-likeness (QED) is 0.620. The van der Waals surface area contributed by atoms with Crippen molar-refractivity contribution in [2.24, 2.45) is 0 Å². The van der Waals surface area contributed by atoms with E-state index in [1.165, 1.54) is 0 Å². The van der Waals surface area contributed by atoms with E-state index >= 15 is 0 Å². The normalized spacial score (nSPS) is 16.5. The van der Waals surface area contributed by atoms with Crippen LogP contribution in [0.2, 0.25) is 0 Å². The Hall–Kier alpha value is -3.60. The molecule has 2 atom stereocenters. The first-order chi connectivity index (χ1) is 15.2. The Kier molecular flexibility index (Phi) is 6.62. The van der Waals surface area contributed by atoms with Gasteiger partial charge in [0.1, 0.15) is 6.04 Å². The number of carbonyl (C=O) groups excluding carboxylic acids is 2. The molecule has 0 bridgehead atoms. The van der Waals surface area contributed by atoms with Crippen molar-refractivity contribution in [1.82, 2.24) is 10.2 Å². The summed E-state index contributed by atoms with van der Waals surface area (Å²) in [5, 5.41) is 6.47. The minimum atomic E-state index is -0.606. The molecule has 31 heavy (non-hydrogen) atoms. The number of likely N-dealkylation sites (tertiary alicyclic amines) is 1. The van der Waals surface area contributed by atoms with Gasteiger partial charge >= 0.3 is 0 Å². The second-order valence-corrected chi connectivity index (χ2v) is 7.86. The summed E-state index contributed by atoms with van der Waals surface area (Å²) >= 11 is 0. The van der Waals surface area contributed by atoms with Crippen molar-refractivity contribution in [1.29, 1.82) is 0 Å². The fourth-order valence-corrected chi connectivity index (χ4v) is 3.95. The van der Waals surface area contributed by atoms with Crippen LogP contribution in [-0.2, 0) is 11.2 Å². The largest absolute Gasteiger partial charge is 0.380 e. The van der Waals surface area contributed by atoms with Crippen LogP contribution in [0.5, 0.6) is 0 Å². The predicted octanol–water partition coefficient (Wildman–Crippen LogP) is 3.74. The van der Waals surface area contributed by atoms with Crippen molar-refractivity contribution in [2.45, 2.75) is 24.9 Å². The maximum atomic E-state index is 13.4. The van der Waals surface area contributed by atoms with Crippen molar-refractivity contribution >= 4 is 17.5 Å². The van der Waals surface area contributed by atoms with Crippen LogP contribution in [0.1, 0.15) is 22.3 Å². The molecule has 0 aliphatic carbocycles. The number of hydrogen-bond acceptors (Lipinski definition) is 3. The van der Waals surface area contributed by atoms with Crippen molar-refractivity contribution < 1.29 is 9.59 Å². The van der Waals surface area contributed by atoms with E-state index in [0.717, 1.165) is 17.7 Å². The first-order valence-electron chi connectivity index (χ1n) is 10.7. The highest BCUT2D eigenvalue weighted by molar-refractivity contribution is 5.97. The molecule has 1 aliphatic heterocycles. The molecule has 0 radical (unpaired) electrons. The lowest BCUT2D eigenvalue weighted by Gasteiger charge is -2.25. The van der Waals surface area contributed by atoms with Gasteiger partial charge in [0.25, 0.3) is 5.91 Å². The van der Waals surface area contributed by atoms with Crippen LogP contribution in [0.4, 0.5) is 5.69 Å². The van der Waals surface area contributed by atoms with E-state index in [0.29, 0.717) is 25.1 Å². The molecule has 158 valence electrons. The number of amides is 2. The SMILES string of the molecule is O=C(NC(Cc1ccccc1)C(=O)N1CCC(Nc2ccccc2)C1)c1ccccc1. The van der Waals surface area contributed by atoms with Gasteiger partial charge < -0.3 is 15.5 Å². The van der Waals surface area contributed by atoms with Crippen LogP contribution in [0.25, 0.3) is 0 Å². The minimum Gasteiger partial charge on any atom is -0.380 e. The molecule has 5 nitrogen and oxygen atoms in total. The monoisotopic (exact) mass is 413 g/mol. The number of anilines is 1. The van der Waals surface area contributed by atoms with E-state index in [-0.39, 0.29) is 17.9 Å². The van der Waals surface area contributed by atoms with Crippen molar-refractivity contribution in [2.75, 3.05) is 18.4 Å². The molecule has 3 aromatic carbocycles. The van der Waals surface area contributed by atoms with Gasteiger partial charge in [0.05, 0.1) is 0 Å². The number of para-hydroxylation sites is 1. The zero-order valence-electron chi connectivity index (χ0n) is 17.4. The van der Waals surface area contributed by atoms with Crippen molar-refractivity contribution in [3.63, 3.8) is 0 Å². The molecule has 0 saturated carbocycles. The third-order valence-corrected chi connectivity index (χ3v) is 5.57. The number of benzene rings is 3. The fourth-order valence-electron chi connectivity index (χ4n) is 3.95. The van der Waals surface area contributed by atoms with Gasteiger partial charge in [-0.05, 0) is 36.2 Å². The number of hydrogen-bond donors (Lipinski definition) is 2. The summed E-state index contributed by atoms with van der Waals surface area (Å²) in [6.07, 6.45) is 1.34. The summed E-state index contributed by atoms with van der Waals surface area (Å²) in [6, 6.07) is 28.5. The first kappa shape index (κ1) is 20.7. The number of nitrogens with zero attached hydrogens (tertiary/aromatic N) is 1. The molecule has 4 rings (SSSR count). The van der Waals surface area contributed by atoms with E-state index in [4.69, 9.17) is 0 Å². The van der Waals surface area contributed by atoms with Crippen LogP contribution in [0.15, 0.2) is 91.0 Å². The molecule has 1 heterocycles. The summed E-state index contributed by atoms with van der Waals surface area (Å²) in [5.41, 5.74) is 2.63. The lowest BCUT2D eigenvalue weighted by Crippen LogP contribution is -2.49. The summed E-state index contributed by atoms with van der Waals surface area (Å²) < 4.78 is 0. The Labute approximate surface area is 183 Å². The average Bonchev–Trinajstić information content (AvgIpc) is 3.28. The molecule has 0 spiro atoms. The minimum absolute atomic E-state index is 0.0366. The summed E-state index contributed by atoms with van der Waals surface area (Å²) in [4.78, 5) is 28.0. The van der Waals surface area contributed by atoms with E-state index in [1.807, 2.05) is 83.8 Å². The van der Waals surface area contributed by atoms with Crippen molar-refractivity contribution in [3.8, 4) is 0 Å². The highest BCUT2D eigenvalue weighted by atomic mass is 16.2. The molecule has 2 N–H and O–H groups in total. The van der Waals surface area contributed by atoms with Crippen molar-refractivity contribution in [3.05, 3.63) is 102 Å². The number of rotatable bonds is 7. The zero-order chi connectivity index (χ0) is 21.5. The van der Waals surface area contributed by atoms with Gasteiger partial charge in [-0.25, -0.2) is 0 Å². The Morgan fingerprint density at radius 2 is 1.48 bits per heavy atom. The highest BCUT2D eigenvalue weighted by Gasteiger charge is 2.32. The smallest absolute Gasteiger partial charge is 0.251 e. The van der Waals surface area contributed by atoms with Crippen LogP contribution >= 0.6 is 0 Å². The Balaban J connectivity index is 1.45. The number of nitrogens with one attached hydrogen (secondary N) is 2. The van der Waals surface area contributed by atoms with Gasteiger partial charge in [0, 0.05) is 36.8 Å². The molecule has 3 aromatic rings. The van der Waals surface area contributed by atoms with E-state index < -0.39 is 6.04 Å². The molecule has 5 heteroatoms.